The molecule has 0 aliphatic carbocycles. The van der Waals surface area contributed by atoms with Gasteiger partial charge in [0.25, 0.3) is 0 Å². The molecule has 1 saturated heterocycles. The summed E-state index contributed by atoms with van der Waals surface area (Å²) in [4.78, 5) is 4.07. The first-order valence-electron chi connectivity index (χ1n) is 6.61. The van der Waals surface area contributed by atoms with Crippen molar-refractivity contribution in [2.24, 2.45) is 5.92 Å². The van der Waals surface area contributed by atoms with Gasteiger partial charge < -0.3 is 19.9 Å². The summed E-state index contributed by atoms with van der Waals surface area (Å²) in [6, 6.07) is 2.01. The summed E-state index contributed by atoms with van der Waals surface area (Å²) in [5, 5.41) is 13.5. The average Bonchev–Trinajstić information content (AvgIpc) is 2.43. The third kappa shape index (κ3) is 3.73. The van der Waals surface area contributed by atoms with E-state index in [2.05, 4.69) is 10.3 Å². The molecule has 0 unspecified atom stereocenters. The van der Waals surface area contributed by atoms with Crippen LogP contribution in [0.15, 0.2) is 18.5 Å². The Bertz CT molecular complexity index is 400. The van der Waals surface area contributed by atoms with Crippen molar-refractivity contribution in [2.45, 2.75) is 25.7 Å². The Morgan fingerprint density at radius 1 is 1.53 bits per heavy atom. The highest BCUT2D eigenvalue weighted by atomic mass is 16.5. The standard InChI is InChI=1S/C14H22N2O3/c1-10-5-15-4-3-11(10)6-16-7-12-8-19-9-13(18-2)14(12)17/h3-5,12-14,16-17H,6-9H2,1-2H3/t12-,13-,14+/m1/s1. The number of rotatable bonds is 5. The van der Waals surface area contributed by atoms with Crippen molar-refractivity contribution in [3.8, 4) is 0 Å². The first-order chi connectivity index (χ1) is 9.22. The smallest absolute Gasteiger partial charge is 0.107 e. The molecule has 1 aliphatic rings. The van der Waals surface area contributed by atoms with Gasteiger partial charge in [0.1, 0.15) is 6.10 Å². The maximum Gasteiger partial charge on any atom is 0.107 e. The highest BCUT2D eigenvalue weighted by molar-refractivity contribution is 5.21. The number of nitrogens with one attached hydrogen (secondary N) is 1. The van der Waals surface area contributed by atoms with Crippen LogP contribution in [0.2, 0.25) is 0 Å². The Labute approximate surface area is 114 Å². The molecule has 3 atom stereocenters. The Morgan fingerprint density at radius 3 is 3.11 bits per heavy atom. The normalized spacial score (nSPS) is 27.4. The van der Waals surface area contributed by atoms with E-state index >= 15 is 0 Å². The van der Waals surface area contributed by atoms with E-state index in [9.17, 15) is 5.11 Å². The average molecular weight is 266 g/mol. The summed E-state index contributed by atoms with van der Waals surface area (Å²) >= 11 is 0. The fraction of sp³-hybridized carbons (Fsp3) is 0.643. The fourth-order valence-corrected chi connectivity index (χ4v) is 2.32. The summed E-state index contributed by atoms with van der Waals surface area (Å²) in [6.07, 6.45) is 2.97. The maximum atomic E-state index is 10.1. The van der Waals surface area contributed by atoms with Crippen LogP contribution in [0.4, 0.5) is 0 Å². The van der Waals surface area contributed by atoms with E-state index in [1.54, 1.807) is 13.3 Å². The molecule has 1 fully saturated rings. The van der Waals surface area contributed by atoms with Gasteiger partial charge in [-0.1, -0.05) is 0 Å². The number of pyridine rings is 1. The largest absolute Gasteiger partial charge is 0.390 e. The fourth-order valence-electron chi connectivity index (χ4n) is 2.32. The van der Waals surface area contributed by atoms with Gasteiger partial charge in [-0.15, -0.1) is 0 Å². The third-order valence-electron chi connectivity index (χ3n) is 3.64. The van der Waals surface area contributed by atoms with E-state index in [1.165, 1.54) is 11.1 Å². The zero-order chi connectivity index (χ0) is 13.7. The molecule has 1 aromatic heterocycles. The van der Waals surface area contributed by atoms with Crippen molar-refractivity contribution in [1.29, 1.82) is 0 Å². The van der Waals surface area contributed by atoms with Gasteiger partial charge in [-0.05, 0) is 24.1 Å². The number of ether oxygens (including phenoxy) is 2. The predicted molar refractivity (Wildman–Crippen MR) is 71.8 cm³/mol. The van der Waals surface area contributed by atoms with Gasteiger partial charge in [-0.3, -0.25) is 4.98 Å². The summed E-state index contributed by atoms with van der Waals surface area (Å²) in [7, 11) is 1.60. The van der Waals surface area contributed by atoms with Crippen LogP contribution < -0.4 is 5.32 Å². The van der Waals surface area contributed by atoms with Crippen molar-refractivity contribution in [3.05, 3.63) is 29.6 Å². The number of aryl methyl sites for hydroxylation is 1. The van der Waals surface area contributed by atoms with Crippen LogP contribution in [0.5, 0.6) is 0 Å². The third-order valence-corrected chi connectivity index (χ3v) is 3.64. The van der Waals surface area contributed by atoms with Crippen LogP contribution in [-0.4, -0.2) is 49.2 Å². The number of hydrogen-bond acceptors (Lipinski definition) is 5. The van der Waals surface area contributed by atoms with Crippen LogP contribution in [-0.2, 0) is 16.0 Å². The lowest BCUT2D eigenvalue weighted by Crippen LogP contribution is -2.48. The minimum Gasteiger partial charge on any atom is -0.390 e. The Kier molecular flexibility index (Phi) is 5.27. The number of aliphatic hydroxyl groups excluding tert-OH is 1. The highest BCUT2D eigenvalue weighted by Crippen LogP contribution is 2.17. The van der Waals surface area contributed by atoms with Crippen LogP contribution in [0, 0.1) is 12.8 Å². The molecule has 0 bridgehead atoms. The second-order valence-electron chi connectivity index (χ2n) is 5.00. The van der Waals surface area contributed by atoms with Crippen molar-refractivity contribution in [2.75, 3.05) is 26.9 Å². The molecule has 0 aromatic carbocycles. The lowest BCUT2D eigenvalue weighted by Gasteiger charge is -2.34. The molecule has 0 radical (unpaired) electrons. The molecule has 1 aliphatic heterocycles. The van der Waals surface area contributed by atoms with Crippen molar-refractivity contribution in [3.63, 3.8) is 0 Å². The second kappa shape index (κ2) is 6.96. The molecule has 0 saturated carbocycles. The summed E-state index contributed by atoms with van der Waals surface area (Å²) in [5.41, 5.74) is 2.40. The SMILES string of the molecule is CO[C@@H]1COC[C@@H](CNCc2ccncc2C)[C@@H]1O. The molecule has 0 spiro atoms. The molecule has 5 nitrogen and oxygen atoms in total. The van der Waals surface area contributed by atoms with E-state index in [0.717, 1.165) is 6.54 Å². The topological polar surface area (TPSA) is 63.6 Å². The monoisotopic (exact) mass is 266 g/mol. The first kappa shape index (κ1) is 14.4. The first-order valence-corrected chi connectivity index (χ1v) is 6.61. The molecule has 2 heterocycles. The number of hydrogen-bond donors (Lipinski definition) is 2. The maximum absolute atomic E-state index is 10.1. The van der Waals surface area contributed by atoms with Gasteiger partial charge in [0.15, 0.2) is 0 Å². The van der Waals surface area contributed by atoms with Crippen LogP contribution in [0.3, 0.4) is 0 Å². The lowest BCUT2D eigenvalue weighted by atomic mass is 9.96. The van der Waals surface area contributed by atoms with Gasteiger partial charge in [0.2, 0.25) is 0 Å². The summed E-state index contributed by atoms with van der Waals surface area (Å²) in [5.74, 6) is 0.0702. The van der Waals surface area contributed by atoms with Crippen molar-refractivity contribution < 1.29 is 14.6 Å². The molecule has 19 heavy (non-hydrogen) atoms. The zero-order valence-corrected chi connectivity index (χ0v) is 11.5. The van der Waals surface area contributed by atoms with Gasteiger partial charge in [-0.2, -0.15) is 0 Å². The predicted octanol–water partition coefficient (Wildman–Crippen LogP) is 0.502. The van der Waals surface area contributed by atoms with Crippen molar-refractivity contribution in [1.82, 2.24) is 10.3 Å². The zero-order valence-electron chi connectivity index (χ0n) is 11.5. The number of aliphatic hydroxyl groups is 1. The van der Waals surface area contributed by atoms with E-state index in [4.69, 9.17) is 9.47 Å². The summed E-state index contributed by atoms with van der Waals surface area (Å²) < 4.78 is 10.7. The van der Waals surface area contributed by atoms with E-state index in [-0.39, 0.29) is 12.0 Å². The molecular weight excluding hydrogens is 244 g/mol. The van der Waals surface area contributed by atoms with Crippen molar-refractivity contribution >= 4 is 0 Å². The van der Waals surface area contributed by atoms with Gasteiger partial charge in [0.05, 0.1) is 19.3 Å². The van der Waals surface area contributed by atoms with E-state index < -0.39 is 6.10 Å². The summed E-state index contributed by atoms with van der Waals surface area (Å²) in [6.45, 7) is 4.57. The molecule has 5 heteroatoms. The number of aromatic nitrogens is 1. The molecule has 106 valence electrons. The minimum atomic E-state index is -0.468. The minimum absolute atomic E-state index is 0.0702. The Hall–Kier alpha value is -1.01. The number of methoxy groups -OCH3 is 1. The lowest BCUT2D eigenvalue weighted by molar-refractivity contribution is -0.133. The Balaban J connectivity index is 1.81. The van der Waals surface area contributed by atoms with E-state index in [1.807, 2.05) is 19.2 Å². The molecular formula is C14H22N2O3. The van der Waals surface area contributed by atoms with Gasteiger partial charge >= 0.3 is 0 Å². The van der Waals surface area contributed by atoms with Crippen LogP contribution >= 0.6 is 0 Å². The molecule has 0 amide bonds. The van der Waals surface area contributed by atoms with Gasteiger partial charge in [0, 0.05) is 38.5 Å². The quantitative estimate of drug-likeness (QED) is 0.812. The molecule has 1 aromatic rings. The molecule has 2 N–H and O–H groups in total. The highest BCUT2D eigenvalue weighted by Gasteiger charge is 2.32. The second-order valence-corrected chi connectivity index (χ2v) is 5.00. The van der Waals surface area contributed by atoms with Gasteiger partial charge in [-0.25, -0.2) is 0 Å². The van der Waals surface area contributed by atoms with E-state index in [0.29, 0.717) is 19.8 Å². The van der Waals surface area contributed by atoms with Crippen LogP contribution in [0.1, 0.15) is 11.1 Å². The number of nitrogens with zero attached hydrogens (tertiary/aromatic N) is 1. The Morgan fingerprint density at radius 2 is 2.37 bits per heavy atom. The molecule has 2 rings (SSSR count). The van der Waals surface area contributed by atoms with Crippen LogP contribution in [0.25, 0.3) is 0 Å².